The van der Waals surface area contributed by atoms with Crippen molar-refractivity contribution in [2.45, 2.75) is 24.8 Å². The molecule has 0 saturated heterocycles. The van der Waals surface area contributed by atoms with Gasteiger partial charge in [0.25, 0.3) is 0 Å². The first-order valence-corrected chi connectivity index (χ1v) is 8.25. The van der Waals surface area contributed by atoms with Crippen LogP contribution in [0, 0.1) is 12.7 Å². The third kappa shape index (κ3) is 3.45. The first-order valence-electron chi connectivity index (χ1n) is 6.76. The van der Waals surface area contributed by atoms with E-state index in [2.05, 4.69) is 4.72 Å². The van der Waals surface area contributed by atoms with Crippen molar-refractivity contribution in [3.8, 4) is 5.75 Å². The molecule has 2 rings (SSSR count). The number of nitrogens with one attached hydrogen (secondary N) is 1. The number of ether oxygens (including phenoxy) is 1. The highest BCUT2D eigenvalue weighted by Crippen LogP contribution is 2.26. The fraction of sp³-hybridized carbons (Fsp3) is 0.250. The summed E-state index contributed by atoms with van der Waals surface area (Å²) in [6, 6.07) is 10.4. The van der Waals surface area contributed by atoms with Crippen LogP contribution in [0.1, 0.15) is 24.1 Å². The molecule has 0 aliphatic rings. The average molecular weight is 323 g/mol. The Labute approximate surface area is 130 Å². The summed E-state index contributed by atoms with van der Waals surface area (Å²) in [6.45, 7) is 3.25. The van der Waals surface area contributed by atoms with Gasteiger partial charge in [-0.25, -0.2) is 17.5 Å². The van der Waals surface area contributed by atoms with Gasteiger partial charge in [0, 0.05) is 11.6 Å². The highest BCUT2D eigenvalue weighted by molar-refractivity contribution is 7.89. The lowest BCUT2D eigenvalue weighted by atomic mass is 10.1. The number of aryl methyl sites for hydroxylation is 1. The van der Waals surface area contributed by atoms with Gasteiger partial charge in [-0.1, -0.05) is 18.2 Å². The Hall–Kier alpha value is -1.92. The summed E-state index contributed by atoms with van der Waals surface area (Å²) in [7, 11) is -2.21. The van der Waals surface area contributed by atoms with Gasteiger partial charge in [-0.2, -0.15) is 0 Å². The van der Waals surface area contributed by atoms with Crippen LogP contribution in [0.2, 0.25) is 0 Å². The number of hydrogen-bond acceptors (Lipinski definition) is 3. The van der Waals surface area contributed by atoms with Crippen LogP contribution in [0.3, 0.4) is 0 Å². The smallest absolute Gasteiger partial charge is 0.241 e. The Morgan fingerprint density at radius 1 is 1.18 bits per heavy atom. The zero-order chi connectivity index (χ0) is 16.3. The van der Waals surface area contributed by atoms with E-state index in [0.29, 0.717) is 5.75 Å². The normalized spacial score (nSPS) is 12.9. The third-order valence-electron chi connectivity index (χ3n) is 3.38. The van der Waals surface area contributed by atoms with Gasteiger partial charge >= 0.3 is 0 Å². The zero-order valence-electron chi connectivity index (χ0n) is 12.6. The van der Waals surface area contributed by atoms with E-state index in [1.54, 1.807) is 19.1 Å². The van der Waals surface area contributed by atoms with Crippen LogP contribution in [0.25, 0.3) is 0 Å². The van der Waals surface area contributed by atoms with Crippen molar-refractivity contribution < 1.29 is 17.5 Å². The Kier molecular flexibility index (Phi) is 4.83. The summed E-state index contributed by atoms with van der Waals surface area (Å²) in [5.41, 5.74) is 1.01. The monoisotopic (exact) mass is 323 g/mol. The van der Waals surface area contributed by atoms with Gasteiger partial charge in [0.15, 0.2) is 0 Å². The number of methoxy groups -OCH3 is 1. The molecule has 2 aromatic rings. The van der Waals surface area contributed by atoms with Gasteiger partial charge in [-0.3, -0.25) is 0 Å². The topological polar surface area (TPSA) is 55.4 Å². The Morgan fingerprint density at radius 3 is 2.50 bits per heavy atom. The van der Waals surface area contributed by atoms with Crippen molar-refractivity contribution in [3.05, 3.63) is 59.4 Å². The second kappa shape index (κ2) is 6.46. The number of hydrogen-bond donors (Lipinski definition) is 1. The molecule has 0 spiro atoms. The molecule has 0 aromatic heterocycles. The molecule has 118 valence electrons. The lowest BCUT2D eigenvalue weighted by Gasteiger charge is -2.17. The summed E-state index contributed by atoms with van der Waals surface area (Å²) in [5.74, 6) is 0.171. The summed E-state index contributed by atoms with van der Waals surface area (Å²) in [6.07, 6.45) is 0. The molecule has 22 heavy (non-hydrogen) atoms. The second-order valence-electron chi connectivity index (χ2n) is 5.00. The number of sulfonamides is 1. The SMILES string of the molecule is COc1ccccc1[C@H](C)NS(=O)(=O)c1ccc(F)c(C)c1. The van der Waals surface area contributed by atoms with Gasteiger partial charge in [0.1, 0.15) is 11.6 Å². The molecule has 4 nitrogen and oxygen atoms in total. The maximum Gasteiger partial charge on any atom is 0.241 e. The van der Waals surface area contributed by atoms with Gasteiger partial charge in [0.2, 0.25) is 10.0 Å². The number of para-hydroxylation sites is 1. The van der Waals surface area contributed by atoms with E-state index in [-0.39, 0.29) is 10.5 Å². The minimum absolute atomic E-state index is 0.0353. The van der Waals surface area contributed by atoms with Crippen LogP contribution < -0.4 is 9.46 Å². The predicted octanol–water partition coefficient (Wildman–Crippen LogP) is 3.18. The van der Waals surface area contributed by atoms with Crippen molar-refractivity contribution in [1.82, 2.24) is 4.72 Å². The Balaban J connectivity index is 2.29. The molecule has 0 fully saturated rings. The standard InChI is InChI=1S/C16H18FNO3S/c1-11-10-13(8-9-15(11)17)22(19,20)18-12(2)14-6-4-5-7-16(14)21-3/h4-10,12,18H,1-3H3/t12-/m0/s1. The molecule has 0 radical (unpaired) electrons. The van der Waals surface area contributed by atoms with E-state index >= 15 is 0 Å². The number of rotatable bonds is 5. The van der Waals surface area contributed by atoms with Gasteiger partial charge in [-0.05, 0) is 43.7 Å². The van der Waals surface area contributed by atoms with E-state index in [0.717, 1.165) is 11.6 Å². The summed E-state index contributed by atoms with van der Waals surface area (Å²) in [5, 5.41) is 0. The Morgan fingerprint density at radius 2 is 1.86 bits per heavy atom. The van der Waals surface area contributed by atoms with Crippen LogP contribution in [0.4, 0.5) is 4.39 Å². The average Bonchev–Trinajstić information content (AvgIpc) is 2.49. The lowest BCUT2D eigenvalue weighted by molar-refractivity contribution is 0.405. The van der Waals surface area contributed by atoms with E-state index in [1.807, 2.05) is 12.1 Å². The molecule has 0 amide bonds. The van der Waals surface area contributed by atoms with Crippen LogP contribution in [-0.2, 0) is 10.0 Å². The minimum atomic E-state index is -3.74. The number of halogens is 1. The van der Waals surface area contributed by atoms with Crippen LogP contribution in [-0.4, -0.2) is 15.5 Å². The second-order valence-corrected chi connectivity index (χ2v) is 6.71. The molecule has 6 heteroatoms. The number of benzene rings is 2. The predicted molar refractivity (Wildman–Crippen MR) is 82.9 cm³/mol. The molecule has 0 unspecified atom stereocenters. The summed E-state index contributed by atoms with van der Waals surface area (Å²) >= 11 is 0. The lowest BCUT2D eigenvalue weighted by Crippen LogP contribution is -2.27. The van der Waals surface area contributed by atoms with Gasteiger partial charge < -0.3 is 4.74 Å². The largest absolute Gasteiger partial charge is 0.496 e. The van der Waals surface area contributed by atoms with E-state index in [9.17, 15) is 12.8 Å². The van der Waals surface area contributed by atoms with Crippen molar-refractivity contribution in [1.29, 1.82) is 0 Å². The van der Waals surface area contributed by atoms with E-state index < -0.39 is 21.9 Å². The van der Waals surface area contributed by atoms with Gasteiger partial charge in [0.05, 0.1) is 12.0 Å². The van der Waals surface area contributed by atoms with Crippen LogP contribution >= 0.6 is 0 Å². The Bertz CT molecular complexity index is 775. The molecular formula is C16H18FNO3S. The molecule has 1 atom stereocenters. The molecule has 0 saturated carbocycles. The van der Waals surface area contributed by atoms with Crippen molar-refractivity contribution in [2.24, 2.45) is 0 Å². The van der Waals surface area contributed by atoms with Crippen LogP contribution in [0.15, 0.2) is 47.4 Å². The summed E-state index contributed by atoms with van der Waals surface area (Å²) < 4.78 is 45.9. The highest BCUT2D eigenvalue weighted by atomic mass is 32.2. The van der Waals surface area contributed by atoms with Crippen molar-refractivity contribution in [2.75, 3.05) is 7.11 Å². The van der Waals surface area contributed by atoms with Crippen molar-refractivity contribution in [3.63, 3.8) is 0 Å². The molecule has 0 aliphatic heterocycles. The molecule has 0 bridgehead atoms. The quantitative estimate of drug-likeness (QED) is 0.919. The maximum atomic E-state index is 13.3. The summed E-state index contributed by atoms with van der Waals surface area (Å²) in [4.78, 5) is 0.0353. The maximum absolute atomic E-state index is 13.3. The first-order chi connectivity index (χ1) is 10.3. The molecule has 1 N–H and O–H groups in total. The first kappa shape index (κ1) is 16.5. The van der Waals surface area contributed by atoms with Crippen LogP contribution in [0.5, 0.6) is 5.75 Å². The van der Waals surface area contributed by atoms with E-state index in [4.69, 9.17) is 4.74 Å². The zero-order valence-corrected chi connectivity index (χ0v) is 13.4. The highest BCUT2D eigenvalue weighted by Gasteiger charge is 2.21. The molecule has 2 aromatic carbocycles. The molecule has 0 heterocycles. The van der Waals surface area contributed by atoms with Crippen molar-refractivity contribution >= 4 is 10.0 Å². The molecule has 0 aliphatic carbocycles. The molecular weight excluding hydrogens is 305 g/mol. The minimum Gasteiger partial charge on any atom is -0.496 e. The fourth-order valence-corrected chi connectivity index (χ4v) is 3.48. The van der Waals surface area contributed by atoms with E-state index in [1.165, 1.54) is 26.2 Å². The van der Waals surface area contributed by atoms with Gasteiger partial charge in [-0.15, -0.1) is 0 Å². The third-order valence-corrected chi connectivity index (χ3v) is 4.92. The fourth-order valence-electron chi connectivity index (χ4n) is 2.17.